The number of amides is 2. The summed E-state index contributed by atoms with van der Waals surface area (Å²) in [4.78, 5) is 34.6. The summed E-state index contributed by atoms with van der Waals surface area (Å²) in [7, 11) is 0. The lowest BCUT2D eigenvalue weighted by Crippen LogP contribution is -2.33. The van der Waals surface area contributed by atoms with Gasteiger partial charge in [0, 0.05) is 38.0 Å². The van der Waals surface area contributed by atoms with Crippen LogP contribution in [0.3, 0.4) is 0 Å². The Morgan fingerprint density at radius 1 is 1.40 bits per heavy atom. The summed E-state index contributed by atoms with van der Waals surface area (Å²) in [5.41, 5.74) is 1.93. The van der Waals surface area contributed by atoms with E-state index in [1.165, 1.54) is 13.1 Å². The highest BCUT2D eigenvalue weighted by molar-refractivity contribution is 5.92. The maximum Gasteiger partial charge on any atom is 0.274 e. The predicted octanol–water partition coefficient (Wildman–Crippen LogP) is 1.19. The smallest absolute Gasteiger partial charge is 0.274 e. The Balaban J connectivity index is 1.90. The highest BCUT2D eigenvalue weighted by Crippen LogP contribution is 2.33. The minimum absolute atomic E-state index is 0.120. The maximum atomic E-state index is 12.8. The van der Waals surface area contributed by atoms with Crippen LogP contribution < -0.4 is 5.32 Å². The van der Waals surface area contributed by atoms with Crippen molar-refractivity contribution in [2.24, 2.45) is 0 Å². The van der Waals surface area contributed by atoms with Crippen LogP contribution in [0.2, 0.25) is 0 Å². The number of carbonyl (C=O) groups excluding carboxylic acids is 2. The fraction of sp³-hybridized carbons (Fsp3) is 0.412. The van der Waals surface area contributed by atoms with Gasteiger partial charge in [-0.15, -0.1) is 5.10 Å². The fourth-order valence-electron chi connectivity index (χ4n) is 3.01. The SMILES string of the molecule is CC(=O)NCc1cnc(C)nc1[C@H]1CCCN1C(=O)c1cccnn1. The zero-order valence-corrected chi connectivity index (χ0v) is 14.3. The van der Waals surface area contributed by atoms with E-state index in [1.807, 2.05) is 6.92 Å². The molecule has 0 saturated carbocycles. The second kappa shape index (κ2) is 7.33. The van der Waals surface area contributed by atoms with Crippen molar-refractivity contribution in [3.63, 3.8) is 0 Å². The molecule has 8 nitrogen and oxygen atoms in total. The molecule has 1 N–H and O–H groups in total. The predicted molar refractivity (Wildman–Crippen MR) is 89.3 cm³/mol. The Morgan fingerprint density at radius 3 is 2.96 bits per heavy atom. The van der Waals surface area contributed by atoms with Gasteiger partial charge in [-0.3, -0.25) is 9.59 Å². The van der Waals surface area contributed by atoms with Crippen molar-refractivity contribution >= 4 is 11.8 Å². The molecule has 25 heavy (non-hydrogen) atoms. The van der Waals surface area contributed by atoms with Crippen LogP contribution in [0.5, 0.6) is 0 Å². The summed E-state index contributed by atoms with van der Waals surface area (Å²) < 4.78 is 0. The molecular weight excluding hydrogens is 320 g/mol. The number of nitrogens with zero attached hydrogens (tertiary/aromatic N) is 5. The maximum absolute atomic E-state index is 12.8. The van der Waals surface area contributed by atoms with Crippen molar-refractivity contribution < 1.29 is 9.59 Å². The molecular formula is C17H20N6O2. The van der Waals surface area contributed by atoms with Gasteiger partial charge in [-0.1, -0.05) is 0 Å². The number of hydrogen-bond acceptors (Lipinski definition) is 6. The lowest BCUT2D eigenvalue weighted by atomic mass is 10.1. The minimum atomic E-state index is -0.155. The van der Waals surface area contributed by atoms with Crippen LogP contribution in [0.15, 0.2) is 24.5 Å². The molecule has 0 radical (unpaired) electrons. The van der Waals surface area contributed by atoms with Gasteiger partial charge in [0.15, 0.2) is 5.69 Å². The topological polar surface area (TPSA) is 101 Å². The van der Waals surface area contributed by atoms with Gasteiger partial charge >= 0.3 is 0 Å². The molecule has 2 amide bonds. The summed E-state index contributed by atoms with van der Waals surface area (Å²) in [5.74, 6) is 0.364. The van der Waals surface area contributed by atoms with E-state index >= 15 is 0 Å². The van der Waals surface area contributed by atoms with Gasteiger partial charge < -0.3 is 10.2 Å². The van der Waals surface area contributed by atoms with E-state index in [9.17, 15) is 9.59 Å². The molecule has 1 fully saturated rings. The van der Waals surface area contributed by atoms with Crippen molar-refractivity contribution in [3.8, 4) is 0 Å². The second-order valence-corrected chi connectivity index (χ2v) is 6.00. The van der Waals surface area contributed by atoms with Crippen LogP contribution in [0.1, 0.15) is 53.4 Å². The average molecular weight is 340 g/mol. The normalized spacial score (nSPS) is 16.7. The van der Waals surface area contributed by atoms with Gasteiger partial charge in [0.2, 0.25) is 5.91 Å². The molecule has 0 aliphatic carbocycles. The molecule has 3 heterocycles. The summed E-state index contributed by atoms with van der Waals surface area (Å²) >= 11 is 0. The second-order valence-electron chi connectivity index (χ2n) is 6.00. The van der Waals surface area contributed by atoms with Gasteiger partial charge in [0.05, 0.1) is 11.7 Å². The Bertz CT molecular complexity index is 780. The number of rotatable bonds is 4. The van der Waals surface area contributed by atoms with Gasteiger partial charge in [0.25, 0.3) is 5.91 Å². The molecule has 0 bridgehead atoms. The van der Waals surface area contributed by atoms with Gasteiger partial charge in [0.1, 0.15) is 5.82 Å². The lowest BCUT2D eigenvalue weighted by Gasteiger charge is -2.25. The summed E-state index contributed by atoms with van der Waals surface area (Å²) in [6.07, 6.45) is 4.96. The van der Waals surface area contributed by atoms with Crippen molar-refractivity contribution in [1.29, 1.82) is 0 Å². The van der Waals surface area contributed by atoms with Crippen LogP contribution in [0.4, 0.5) is 0 Å². The third kappa shape index (κ3) is 3.78. The van der Waals surface area contributed by atoms with Crippen LogP contribution in [-0.4, -0.2) is 43.4 Å². The molecule has 2 aromatic rings. The van der Waals surface area contributed by atoms with E-state index in [-0.39, 0.29) is 17.9 Å². The van der Waals surface area contributed by atoms with Crippen molar-refractivity contribution in [1.82, 2.24) is 30.4 Å². The zero-order chi connectivity index (χ0) is 17.8. The Kier molecular flexibility index (Phi) is 4.97. The number of nitrogens with one attached hydrogen (secondary N) is 1. The first-order valence-electron chi connectivity index (χ1n) is 8.22. The number of aromatic nitrogens is 4. The molecule has 130 valence electrons. The Morgan fingerprint density at radius 2 is 2.24 bits per heavy atom. The molecule has 1 aliphatic heterocycles. The molecule has 0 spiro atoms. The molecule has 1 atom stereocenters. The summed E-state index contributed by atoms with van der Waals surface area (Å²) in [6.45, 7) is 4.26. The van der Waals surface area contributed by atoms with Gasteiger partial charge in [-0.05, 0) is 31.9 Å². The lowest BCUT2D eigenvalue weighted by molar-refractivity contribution is -0.119. The Labute approximate surface area is 145 Å². The van der Waals surface area contributed by atoms with E-state index in [4.69, 9.17) is 0 Å². The number of hydrogen-bond donors (Lipinski definition) is 1. The minimum Gasteiger partial charge on any atom is -0.352 e. The van der Waals surface area contributed by atoms with Crippen LogP contribution in [0.25, 0.3) is 0 Å². The first kappa shape index (κ1) is 16.9. The molecule has 8 heteroatoms. The van der Waals surface area contributed by atoms with Gasteiger partial charge in [-0.25, -0.2) is 9.97 Å². The molecule has 1 saturated heterocycles. The first-order valence-corrected chi connectivity index (χ1v) is 8.22. The van der Waals surface area contributed by atoms with Crippen LogP contribution in [0, 0.1) is 6.92 Å². The Hall–Kier alpha value is -2.90. The fourth-order valence-corrected chi connectivity index (χ4v) is 3.01. The van der Waals surface area contributed by atoms with E-state index in [0.717, 1.165) is 24.1 Å². The highest BCUT2D eigenvalue weighted by Gasteiger charge is 2.33. The molecule has 1 aliphatic rings. The first-order chi connectivity index (χ1) is 12.1. The zero-order valence-electron chi connectivity index (χ0n) is 14.3. The summed E-state index contributed by atoms with van der Waals surface area (Å²) in [5, 5.41) is 10.5. The van der Waals surface area contributed by atoms with E-state index in [1.54, 1.807) is 23.2 Å². The average Bonchev–Trinajstić information content (AvgIpc) is 3.10. The monoisotopic (exact) mass is 340 g/mol. The van der Waals surface area contributed by atoms with Crippen LogP contribution in [-0.2, 0) is 11.3 Å². The van der Waals surface area contributed by atoms with Gasteiger partial charge in [-0.2, -0.15) is 5.10 Å². The molecule has 2 aromatic heterocycles. The van der Waals surface area contributed by atoms with Crippen LogP contribution >= 0.6 is 0 Å². The highest BCUT2D eigenvalue weighted by atomic mass is 16.2. The van der Waals surface area contributed by atoms with E-state index in [0.29, 0.717) is 24.6 Å². The summed E-state index contributed by atoms with van der Waals surface area (Å²) in [6, 6.07) is 3.20. The van der Waals surface area contributed by atoms with E-state index in [2.05, 4.69) is 25.5 Å². The van der Waals surface area contributed by atoms with E-state index < -0.39 is 0 Å². The molecule has 3 rings (SSSR count). The largest absolute Gasteiger partial charge is 0.352 e. The molecule has 0 unspecified atom stereocenters. The number of aryl methyl sites for hydroxylation is 1. The third-order valence-corrected chi connectivity index (χ3v) is 4.17. The van der Waals surface area contributed by atoms with Crippen molar-refractivity contribution in [2.45, 2.75) is 39.3 Å². The molecule has 0 aromatic carbocycles. The third-order valence-electron chi connectivity index (χ3n) is 4.17. The van der Waals surface area contributed by atoms with Crippen molar-refractivity contribution in [2.75, 3.05) is 6.54 Å². The quantitative estimate of drug-likeness (QED) is 0.897. The number of likely N-dealkylation sites (tertiary alicyclic amines) is 1. The number of carbonyl (C=O) groups is 2. The standard InChI is InChI=1S/C17H20N6O2/c1-11-18-9-13(10-19-12(2)24)16(21-11)15-6-4-8-23(15)17(25)14-5-3-7-20-22-14/h3,5,7,9,15H,4,6,8,10H2,1-2H3,(H,19,24)/t15-/m1/s1. The van der Waals surface area contributed by atoms with Crippen molar-refractivity contribution in [3.05, 3.63) is 47.3 Å².